The van der Waals surface area contributed by atoms with Crippen molar-refractivity contribution in [1.29, 1.82) is 0 Å². The maximum Gasteiger partial charge on any atom is 0.231 e. The van der Waals surface area contributed by atoms with Gasteiger partial charge in [-0.05, 0) is 37.9 Å². The van der Waals surface area contributed by atoms with E-state index >= 15 is 0 Å². The molecule has 0 radical (unpaired) electrons. The normalized spacial score (nSPS) is 26.2. The lowest BCUT2D eigenvalue weighted by Crippen LogP contribution is -2.46. The highest BCUT2D eigenvalue weighted by Crippen LogP contribution is 2.27. The first-order valence-corrected chi connectivity index (χ1v) is 8.09. The van der Waals surface area contributed by atoms with Gasteiger partial charge in [-0.2, -0.15) is 11.8 Å². The van der Waals surface area contributed by atoms with E-state index in [1.54, 1.807) is 0 Å². The summed E-state index contributed by atoms with van der Waals surface area (Å²) >= 11 is 1.90. The Balaban J connectivity index is 2.54. The second kappa shape index (κ2) is 7.62. The van der Waals surface area contributed by atoms with E-state index in [2.05, 4.69) is 16.7 Å². The summed E-state index contributed by atoms with van der Waals surface area (Å²) in [5.41, 5.74) is 5.60. The smallest absolute Gasteiger partial charge is 0.231 e. The minimum atomic E-state index is -0.553. The van der Waals surface area contributed by atoms with Gasteiger partial charge in [-0.1, -0.05) is 19.0 Å². The number of hydrogen-bond donors (Lipinski definition) is 3. The van der Waals surface area contributed by atoms with Crippen LogP contribution in [-0.4, -0.2) is 34.5 Å². The summed E-state index contributed by atoms with van der Waals surface area (Å²) in [7, 11) is 0. The van der Waals surface area contributed by atoms with Crippen molar-refractivity contribution < 1.29 is 10.0 Å². The number of amidine groups is 1. The van der Waals surface area contributed by atoms with Gasteiger partial charge in [0.2, 0.25) is 5.91 Å². The molecule has 0 spiro atoms. The SMILES string of the molecule is CSC1CCC(NC(=O)C(C(N)=NO)C(C)C)CC1. The molecule has 1 aliphatic rings. The lowest BCUT2D eigenvalue weighted by Gasteiger charge is -2.29. The van der Waals surface area contributed by atoms with E-state index in [0.717, 1.165) is 30.9 Å². The highest BCUT2D eigenvalue weighted by Gasteiger charge is 2.29. The van der Waals surface area contributed by atoms with Gasteiger partial charge < -0.3 is 16.3 Å². The Morgan fingerprint density at radius 3 is 2.37 bits per heavy atom. The van der Waals surface area contributed by atoms with E-state index < -0.39 is 5.92 Å². The Labute approximate surface area is 119 Å². The zero-order chi connectivity index (χ0) is 14.4. The van der Waals surface area contributed by atoms with Crippen LogP contribution in [0.2, 0.25) is 0 Å². The Morgan fingerprint density at radius 2 is 1.95 bits per heavy atom. The molecule has 1 rings (SSSR count). The summed E-state index contributed by atoms with van der Waals surface area (Å²) in [6.45, 7) is 3.79. The monoisotopic (exact) mass is 287 g/mol. The van der Waals surface area contributed by atoms with E-state index in [9.17, 15) is 4.79 Å². The third-order valence-electron chi connectivity index (χ3n) is 3.74. The van der Waals surface area contributed by atoms with Crippen LogP contribution >= 0.6 is 11.8 Å². The maximum atomic E-state index is 12.2. The van der Waals surface area contributed by atoms with Crippen LogP contribution in [0.25, 0.3) is 0 Å². The lowest BCUT2D eigenvalue weighted by molar-refractivity contribution is -0.125. The summed E-state index contributed by atoms with van der Waals surface area (Å²) in [5, 5.41) is 15.5. The molecule has 4 N–H and O–H groups in total. The van der Waals surface area contributed by atoms with E-state index in [1.165, 1.54) is 0 Å². The van der Waals surface area contributed by atoms with Crippen molar-refractivity contribution in [2.45, 2.75) is 50.8 Å². The van der Waals surface area contributed by atoms with Crippen molar-refractivity contribution in [1.82, 2.24) is 5.32 Å². The highest BCUT2D eigenvalue weighted by atomic mass is 32.2. The predicted octanol–water partition coefficient (Wildman–Crippen LogP) is 1.80. The number of amides is 1. The molecule has 110 valence electrons. The standard InChI is InChI=1S/C13H25N3O2S/c1-8(2)11(12(14)16-18)13(17)15-9-4-6-10(19-3)7-5-9/h8-11,18H,4-7H2,1-3H3,(H2,14,16)(H,15,17). The molecule has 0 aromatic heterocycles. The van der Waals surface area contributed by atoms with Gasteiger partial charge in [0, 0.05) is 11.3 Å². The fraction of sp³-hybridized carbons (Fsp3) is 0.846. The van der Waals surface area contributed by atoms with Crippen molar-refractivity contribution >= 4 is 23.5 Å². The minimum Gasteiger partial charge on any atom is -0.409 e. The first-order valence-electron chi connectivity index (χ1n) is 6.80. The Kier molecular flexibility index (Phi) is 6.48. The fourth-order valence-corrected chi connectivity index (χ4v) is 3.32. The third-order valence-corrected chi connectivity index (χ3v) is 4.88. The van der Waals surface area contributed by atoms with Crippen molar-refractivity contribution in [3.63, 3.8) is 0 Å². The van der Waals surface area contributed by atoms with Gasteiger partial charge in [0.15, 0.2) is 5.84 Å². The summed E-state index contributed by atoms with van der Waals surface area (Å²) in [5.74, 6) is -0.676. The quantitative estimate of drug-likeness (QED) is 0.311. The number of nitrogens with one attached hydrogen (secondary N) is 1. The average molecular weight is 287 g/mol. The van der Waals surface area contributed by atoms with Crippen LogP contribution in [0, 0.1) is 11.8 Å². The molecule has 1 unspecified atom stereocenters. The van der Waals surface area contributed by atoms with Crippen LogP contribution in [0.3, 0.4) is 0 Å². The number of nitrogens with two attached hydrogens (primary N) is 1. The van der Waals surface area contributed by atoms with Crippen LogP contribution in [0.5, 0.6) is 0 Å². The Morgan fingerprint density at radius 1 is 1.37 bits per heavy atom. The van der Waals surface area contributed by atoms with E-state index in [0.29, 0.717) is 0 Å². The number of rotatable bonds is 5. The molecule has 1 atom stereocenters. The lowest BCUT2D eigenvalue weighted by atomic mass is 9.91. The molecule has 0 heterocycles. The van der Waals surface area contributed by atoms with Crippen LogP contribution in [0.4, 0.5) is 0 Å². The zero-order valence-corrected chi connectivity index (χ0v) is 12.7. The summed E-state index contributed by atoms with van der Waals surface area (Å²) in [6, 6.07) is 0.226. The number of nitrogens with zero attached hydrogens (tertiary/aromatic N) is 1. The first kappa shape index (κ1) is 16.1. The van der Waals surface area contributed by atoms with Crippen LogP contribution in [0.15, 0.2) is 5.16 Å². The molecule has 19 heavy (non-hydrogen) atoms. The molecule has 0 aliphatic heterocycles. The number of hydrogen-bond acceptors (Lipinski definition) is 4. The van der Waals surface area contributed by atoms with E-state index in [1.807, 2.05) is 25.6 Å². The molecule has 1 amide bonds. The topological polar surface area (TPSA) is 87.7 Å². The molecule has 0 bridgehead atoms. The van der Waals surface area contributed by atoms with Gasteiger partial charge in [0.1, 0.15) is 5.92 Å². The van der Waals surface area contributed by atoms with Gasteiger partial charge in [0.25, 0.3) is 0 Å². The molecule has 0 aromatic rings. The van der Waals surface area contributed by atoms with Crippen LogP contribution in [0.1, 0.15) is 39.5 Å². The summed E-state index contributed by atoms with van der Waals surface area (Å²) in [6.07, 6.45) is 6.44. The molecular weight excluding hydrogens is 262 g/mol. The van der Waals surface area contributed by atoms with E-state index in [4.69, 9.17) is 10.9 Å². The Hall–Kier alpha value is -0.910. The zero-order valence-electron chi connectivity index (χ0n) is 11.9. The van der Waals surface area contributed by atoms with Crippen LogP contribution in [-0.2, 0) is 4.79 Å². The van der Waals surface area contributed by atoms with E-state index in [-0.39, 0.29) is 23.7 Å². The van der Waals surface area contributed by atoms with Gasteiger partial charge in [-0.3, -0.25) is 4.79 Å². The molecule has 0 saturated heterocycles. The second-order valence-electron chi connectivity index (χ2n) is 5.46. The van der Waals surface area contributed by atoms with Crippen molar-refractivity contribution in [2.75, 3.05) is 6.26 Å². The average Bonchev–Trinajstić information content (AvgIpc) is 2.39. The van der Waals surface area contributed by atoms with Crippen molar-refractivity contribution in [2.24, 2.45) is 22.7 Å². The largest absolute Gasteiger partial charge is 0.409 e. The second-order valence-corrected chi connectivity index (χ2v) is 6.60. The van der Waals surface area contributed by atoms with Crippen molar-refractivity contribution in [3.05, 3.63) is 0 Å². The molecule has 1 fully saturated rings. The maximum absolute atomic E-state index is 12.2. The van der Waals surface area contributed by atoms with Gasteiger partial charge >= 0.3 is 0 Å². The molecule has 1 saturated carbocycles. The number of oxime groups is 1. The number of carbonyl (C=O) groups excluding carboxylic acids is 1. The number of thioether (sulfide) groups is 1. The molecular formula is C13H25N3O2S. The third kappa shape index (κ3) is 4.60. The molecule has 5 nitrogen and oxygen atoms in total. The van der Waals surface area contributed by atoms with Gasteiger partial charge in [0.05, 0.1) is 0 Å². The molecule has 0 aromatic carbocycles. The fourth-order valence-electron chi connectivity index (χ4n) is 2.57. The minimum absolute atomic E-state index is 0.00898. The van der Waals surface area contributed by atoms with Gasteiger partial charge in [-0.25, -0.2) is 0 Å². The number of carbonyl (C=O) groups is 1. The molecule has 1 aliphatic carbocycles. The first-order chi connectivity index (χ1) is 8.99. The highest BCUT2D eigenvalue weighted by molar-refractivity contribution is 7.99. The van der Waals surface area contributed by atoms with Gasteiger partial charge in [-0.15, -0.1) is 0 Å². The van der Waals surface area contributed by atoms with Crippen molar-refractivity contribution in [3.8, 4) is 0 Å². The predicted molar refractivity (Wildman–Crippen MR) is 79.4 cm³/mol. The molecule has 6 heteroatoms. The summed E-state index contributed by atoms with van der Waals surface area (Å²) < 4.78 is 0. The van der Waals surface area contributed by atoms with Crippen LogP contribution < -0.4 is 11.1 Å². The summed E-state index contributed by atoms with van der Waals surface area (Å²) in [4.78, 5) is 12.2. The Bertz CT molecular complexity index is 326.